The Bertz CT molecular complexity index is 737. The Kier molecular flexibility index (Phi) is 4.87. The van der Waals surface area contributed by atoms with Crippen LogP contribution < -0.4 is 4.74 Å². The molecule has 3 rings (SSSR count). The van der Waals surface area contributed by atoms with Crippen LogP contribution in [0.5, 0.6) is 6.01 Å². The zero-order chi connectivity index (χ0) is 17.9. The number of carbonyl (C=O) groups excluding carboxylic acids is 1. The van der Waals surface area contributed by atoms with Crippen LogP contribution in [0.25, 0.3) is 0 Å². The van der Waals surface area contributed by atoms with Crippen molar-refractivity contribution in [3.8, 4) is 6.01 Å². The first-order valence-corrected chi connectivity index (χ1v) is 7.84. The molecule has 132 valence electrons. The molecule has 1 aliphatic rings. The lowest BCUT2D eigenvalue weighted by Gasteiger charge is -2.32. The van der Waals surface area contributed by atoms with Gasteiger partial charge in [-0.15, -0.1) is 0 Å². The van der Waals surface area contributed by atoms with Crippen molar-refractivity contribution in [1.29, 1.82) is 0 Å². The molecule has 8 heteroatoms. The molecule has 0 radical (unpaired) electrons. The summed E-state index contributed by atoms with van der Waals surface area (Å²) in [5.74, 6) is -0.643. The van der Waals surface area contributed by atoms with Gasteiger partial charge in [-0.2, -0.15) is 13.2 Å². The van der Waals surface area contributed by atoms with Crippen molar-refractivity contribution in [2.45, 2.75) is 25.1 Å². The quantitative estimate of drug-likeness (QED) is 0.852. The third kappa shape index (κ3) is 4.07. The largest absolute Gasteiger partial charge is 0.458 e. The summed E-state index contributed by atoms with van der Waals surface area (Å²) in [6.45, 7) is 0.587. The monoisotopic (exact) mass is 351 g/mol. The second kappa shape index (κ2) is 7.08. The lowest BCUT2D eigenvalue weighted by atomic mass is 10.0. The Morgan fingerprint density at radius 3 is 2.60 bits per heavy atom. The maximum absolute atomic E-state index is 13.1. The number of likely N-dealkylation sites (tertiary alicyclic amines) is 1. The summed E-state index contributed by atoms with van der Waals surface area (Å²) in [6, 6.07) is 6.67. The number of carbonyl (C=O) groups is 1. The second-order valence-electron chi connectivity index (χ2n) is 5.71. The number of piperidine rings is 1. The first kappa shape index (κ1) is 17.2. The molecule has 0 spiro atoms. The molecule has 0 N–H and O–H groups in total. The van der Waals surface area contributed by atoms with Crippen LogP contribution in [0.2, 0.25) is 0 Å². The molecule has 1 amide bonds. The van der Waals surface area contributed by atoms with Crippen molar-refractivity contribution in [1.82, 2.24) is 14.9 Å². The molecule has 1 saturated heterocycles. The number of nitrogens with zero attached hydrogens (tertiary/aromatic N) is 3. The van der Waals surface area contributed by atoms with Gasteiger partial charge in [-0.1, -0.05) is 12.1 Å². The number of amides is 1. The van der Waals surface area contributed by atoms with Crippen LogP contribution in [-0.2, 0) is 6.18 Å². The molecular formula is C17H16F3N3O2. The summed E-state index contributed by atoms with van der Waals surface area (Å²) in [6.07, 6.45) is -0.532. The molecule has 1 fully saturated rings. The number of benzene rings is 1. The Labute approximate surface area is 142 Å². The number of halogens is 3. The van der Waals surface area contributed by atoms with Gasteiger partial charge in [0.1, 0.15) is 6.10 Å². The van der Waals surface area contributed by atoms with E-state index in [0.29, 0.717) is 19.4 Å². The fourth-order valence-corrected chi connectivity index (χ4v) is 2.80. The molecule has 0 aliphatic carbocycles. The van der Waals surface area contributed by atoms with Crippen LogP contribution in [0.1, 0.15) is 28.8 Å². The number of alkyl halides is 3. The molecular weight excluding hydrogens is 335 g/mol. The van der Waals surface area contributed by atoms with Crippen LogP contribution in [0, 0.1) is 0 Å². The van der Waals surface area contributed by atoms with E-state index in [-0.39, 0.29) is 24.2 Å². The van der Waals surface area contributed by atoms with Crippen molar-refractivity contribution in [2.24, 2.45) is 0 Å². The average molecular weight is 351 g/mol. The van der Waals surface area contributed by atoms with Crippen LogP contribution in [0.3, 0.4) is 0 Å². The Balaban J connectivity index is 1.75. The number of hydrogen-bond acceptors (Lipinski definition) is 4. The smallest absolute Gasteiger partial charge is 0.417 e. The van der Waals surface area contributed by atoms with E-state index in [9.17, 15) is 18.0 Å². The van der Waals surface area contributed by atoms with E-state index in [1.165, 1.54) is 35.5 Å². The number of hydrogen-bond donors (Lipinski definition) is 0. The minimum absolute atomic E-state index is 0.192. The molecule has 0 bridgehead atoms. The number of rotatable bonds is 3. The van der Waals surface area contributed by atoms with E-state index in [2.05, 4.69) is 9.97 Å². The molecule has 0 saturated carbocycles. The summed E-state index contributed by atoms with van der Waals surface area (Å²) in [4.78, 5) is 21.9. The van der Waals surface area contributed by atoms with Crippen molar-refractivity contribution in [2.75, 3.05) is 13.1 Å². The predicted molar refractivity (Wildman–Crippen MR) is 83.0 cm³/mol. The van der Waals surface area contributed by atoms with E-state index in [0.717, 1.165) is 6.07 Å². The van der Waals surface area contributed by atoms with Gasteiger partial charge in [0.25, 0.3) is 5.91 Å². The van der Waals surface area contributed by atoms with E-state index < -0.39 is 17.6 Å². The van der Waals surface area contributed by atoms with E-state index >= 15 is 0 Å². The van der Waals surface area contributed by atoms with Gasteiger partial charge in [0, 0.05) is 18.9 Å². The summed E-state index contributed by atoms with van der Waals surface area (Å²) < 4.78 is 45.0. The standard InChI is InChI=1S/C17H16F3N3O2/c18-17(19,20)14-7-2-1-6-13(14)15(24)23-10-3-5-12(11-23)25-16-21-8-4-9-22-16/h1-2,4,6-9,12H,3,5,10-11H2. The molecule has 2 aromatic rings. The van der Waals surface area contributed by atoms with Gasteiger partial charge in [-0.25, -0.2) is 9.97 Å². The fourth-order valence-electron chi connectivity index (χ4n) is 2.80. The van der Waals surface area contributed by atoms with Gasteiger partial charge in [0.2, 0.25) is 0 Å². The minimum atomic E-state index is -4.57. The molecule has 2 heterocycles. The number of aromatic nitrogens is 2. The third-order valence-electron chi connectivity index (χ3n) is 3.94. The SMILES string of the molecule is O=C(c1ccccc1C(F)(F)F)N1CCCC(Oc2ncccn2)C1. The summed E-state index contributed by atoms with van der Waals surface area (Å²) in [7, 11) is 0. The maximum Gasteiger partial charge on any atom is 0.417 e. The van der Waals surface area contributed by atoms with Gasteiger partial charge in [0.05, 0.1) is 17.7 Å². The normalized spacial score (nSPS) is 18.0. The topological polar surface area (TPSA) is 55.3 Å². The zero-order valence-corrected chi connectivity index (χ0v) is 13.2. The molecule has 1 atom stereocenters. The first-order valence-electron chi connectivity index (χ1n) is 7.84. The molecule has 5 nitrogen and oxygen atoms in total. The van der Waals surface area contributed by atoms with Gasteiger partial charge in [0.15, 0.2) is 0 Å². The van der Waals surface area contributed by atoms with Gasteiger partial charge in [-0.05, 0) is 31.0 Å². The number of ether oxygens (including phenoxy) is 1. The highest BCUT2D eigenvalue weighted by molar-refractivity contribution is 5.96. The Hall–Kier alpha value is -2.64. The summed E-state index contributed by atoms with van der Waals surface area (Å²) in [5, 5.41) is 0. The highest BCUT2D eigenvalue weighted by atomic mass is 19.4. The van der Waals surface area contributed by atoms with Crippen molar-refractivity contribution in [3.05, 3.63) is 53.9 Å². The van der Waals surface area contributed by atoms with Crippen LogP contribution in [0.15, 0.2) is 42.7 Å². The summed E-state index contributed by atoms with van der Waals surface area (Å²) >= 11 is 0. The lowest BCUT2D eigenvalue weighted by molar-refractivity contribution is -0.138. The van der Waals surface area contributed by atoms with Crippen LogP contribution in [-0.4, -0.2) is 40.0 Å². The molecule has 25 heavy (non-hydrogen) atoms. The first-order chi connectivity index (χ1) is 11.9. The van der Waals surface area contributed by atoms with E-state index in [4.69, 9.17) is 4.74 Å². The molecule has 1 aliphatic heterocycles. The summed E-state index contributed by atoms with van der Waals surface area (Å²) in [5.41, 5.74) is -1.26. The Morgan fingerprint density at radius 2 is 1.88 bits per heavy atom. The Morgan fingerprint density at radius 1 is 1.16 bits per heavy atom. The van der Waals surface area contributed by atoms with Crippen LogP contribution in [0.4, 0.5) is 13.2 Å². The molecule has 1 aromatic heterocycles. The van der Waals surface area contributed by atoms with Crippen molar-refractivity contribution >= 4 is 5.91 Å². The molecule has 1 unspecified atom stereocenters. The van der Waals surface area contributed by atoms with Crippen LogP contribution >= 0.6 is 0 Å². The highest BCUT2D eigenvalue weighted by Crippen LogP contribution is 2.32. The second-order valence-corrected chi connectivity index (χ2v) is 5.71. The minimum Gasteiger partial charge on any atom is -0.458 e. The average Bonchev–Trinajstić information content (AvgIpc) is 2.61. The zero-order valence-electron chi connectivity index (χ0n) is 13.2. The van der Waals surface area contributed by atoms with Gasteiger partial charge < -0.3 is 9.64 Å². The van der Waals surface area contributed by atoms with Crippen molar-refractivity contribution < 1.29 is 22.7 Å². The fraction of sp³-hybridized carbons (Fsp3) is 0.353. The van der Waals surface area contributed by atoms with E-state index in [1.807, 2.05) is 0 Å². The predicted octanol–water partition coefficient (Wildman–Crippen LogP) is 3.18. The van der Waals surface area contributed by atoms with E-state index in [1.54, 1.807) is 6.07 Å². The third-order valence-corrected chi connectivity index (χ3v) is 3.94. The van der Waals surface area contributed by atoms with Gasteiger partial charge >= 0.3 is 12.2 Å². The highest BCUT2D eigenvalue weighted by Gasteiger charge is 2.36. The maximum atomic E-state index is 13.1. The van der Waals surface area contributed by atoms with Gasteiger partial charge in [-0.3, -0.25) is 4.79 Å². The van der Waals surface area contributed by atoms with Crippen molar-refractivity contribution in [3.63, 3.8) is 0 Å². The lowest BCUT2D eigenvalue weighted by Crippen LogP contribution is -2.45. The molecule has 1 aromatic carbocycles.